The normalized spacial score (nSPS) is 28.3. The molecule has 1 amide bonds. The zero-order valence-electron chi connectivity index (χ0n) is 13.3. The van der Waals surface area contributed by atoms with E-state index in [2.05, 4.69) is 18.7 Å². The fourth-order valence-electron chi connectivity index (χ4n) is 4.23. The van der Waals surface area contributed by atoms with Gasteiger partial charge in [-0.1, -0.05) is 26.7 Å². The Kier molecular flexibility index (Phi) is 5.88. The van der Waals surface area contributed by atoms with Gasteiger partial charge in [-0.05, 0) is 56.4 Å². The average Bonchev–Trinajstić information content (AvgIpc) is 2.45. The number of likely N-dealkylation sites (tertiary alicyclic amines) is 1. The summed E-state index contributed by atoms with van der Waals surface area (Å²) < 4.78 is 0. The molecule has 0 spiro atoms. The van der Waals surface area contributed by atoms with E-state index in [-0.39, 0.29) is 0 Å². The zero-order valence-corrected chi connectivity index (χ0v) is 13.3. The van der Waals surface area contributed by atoms with Gasteiger partial charge in [0.25, 0.3) is 0 Å². The molecule has 20 heavy (non-hydrogen) atoms. The number of hydrogen-bond donors (Lipinski definition) is 1. The van der Waals surface area contributed by atoms with Crippen LogP contribution < -0.4 is 5.73 Å². The van der Waals surface area contributed by atoms with Crippen LogP contribution in [0, 0.1) is 17.8 Å². The van der Waals surface area contributed by atoms with Gasteiger partial charge in [-0.3, -0.25) is 4.79 Å². The predicted molar refractivity (Wildman–Crippen MR) is 83.3 cm³/mol. The van der Waals surface area contributed by atoms with Crippen LogP contribution in [0.25, 0.3) is 0 Å². The van der Waals surface area contributed by atoms with Gasteiger partial charge in [-0.2, -0.15) is 0 Å². The molecule has 3 atom stereocenters. The number of amides is 1. The summed E-state index contributed by atoms with van der Waals surface area (Å²) in [7, 11) is 0. The van der Waals surface area contributed by atoms with Crippen LogP contribution in [0.15, 0.2) is 0 Å². The van der Waals surface area contributed by atoms with Gasteiger partial charge >= 0.3 is 0 Å². The molecule has 1 saturated heterocycles. The second-order valence-corrected chi connectivity index (χ2v) is 7.28. The zero-order chi connectivity index (χ0) is 14.5. The van der Waals surface area contributed by atoms with Gasteiger partial charge in [0.2, 0.25) is 5.91 Å². The number of piperidine rings is 1. The lowest BCUT2D eigenvalue weighted by Crippen LogP contribution is -2.50. The fourth-order valence-corrected chi connectivity index (χ4v) is 4.23. The average molecular weight is 280 g/mol. The van der Waals surface area contributed by atoms with Crippen LogP contribution in [-0.2, 0) is 4.79 Å². The van der Waals surface area contributed by atoms with E-state index in [1.54, 1.807) is 0 Å². The van der Waals surface area contributed by atoms with Crippen LogP contribution in [0.3, 0.4) is 0 Å². The molecule has 116 valence electrons. The number of fused-ring (bicyclic) bond motifs is 1. The Bertz CT molecular complexity index is 314. The van der Waals surface area contributed by atoms with E-state index in [1.807, 2.05) is 0 Å². The van der Waals surface area contributed by atoms with E-state index in [0.29, 0.717) is 36.8 Å². The molecular weight excluding hydrogens is 248 g/mol. The Hall–Kier alpha value is -0.570. The maximum Gasteiger partial charge on any atom is 0.223 e. The lowest BCUT2D eigenvalue weighted by Gasteiger charge is -2.44. The van der Waals surface area contributed by atoms with Crippen LogP contribution in [0.5, 0.6) is 0 Å². The molecule has 2 N–H and O–H groups in total. The molecule has 0 radical (unpaired) electrons. The Morgan fingerprint density at radius 2 is 1.90 bits per heavy atom. The molecule has 0 bridgehead atoms. The number of nitrogens with two attached hydrogens (primary N) is 1. The molecule has 1 aliphatic heterocycles. The van der Waals surface area contributed by atoms with Gasteiger partial charge in [-0.15, -0.1) is 0 Å². The second kappa shape index (κ2) is 7.44. The first-order valence-electron chi connectivity index (χ1n) is 8.61. The molecule has 0 aromatic heterocycles. The van der Waals surface area contributed by atoms with Gasteiger partial charge in [0, 0.05) is 19.0 Å². The van der Waals surface area contributed by atoms with Crippen LogP contribution in [0.2, 0.25) is 0 Å². The highest BCUT2D eigenvalue weighted by molar-refractivity contribution is 5.77. The fraction of sp³-hybridized carbons (Fsp3) is 0.941. The van der Waals surface area contributed by atoms with Crippen molar-refractivity contribution in [2.24, 2.45) is 23.5 Å². The van der Waals surface area contributed by atoms with Crippen LogP contribution in [-0.4, -0.2) is 29.9 Å². The highest BCUT2D eigenvalue weighted by Gasteiger charge is 2.35. The van der Waals surface area contributed by atoms with Crippen molar-refractivity contribution in [1.82, 2.24) is 4.90 Å². The number of carbonyl (C=O) groups excluding carboxylic acids is 1. The molecule has 1 aliphatic carbocycles. The van der Waals surface area contributed by atoms with Crippen molar-refractivity contribution in [3.8, 4) is 0 Å². The van der Waals surface area contributed by atoms with Crippen LogP contribution in [0.1, 0.15) is 65.2 Å². The van der Waals surface area contributed by atoms with Crippen molar-refractivity contribution in [3.05, 3.63) is 0 Å². The van der Waals surface area contributed by atoms with Crippen LogP contribution in [0.4, 0.5) is 0 Å². The molecule has 0 aromatic rings. The SMILES string of the molecule is CC(C)C[C@H](CN)CC(=O)N1CCCC2CCCCC21. The van der Waals surface area contributed by atoms with Crippen molar-refractivity contribution in [2.75, 3.05) is 13.1 Å². The maximum absolute atomic E-state index is 12.7. The first-order chi connectivity index (χ1) is 9.61. The summed E-state index contributed by atoms with van der Waals surface area (Å²) in [6.45, 7) is 6.06. The number of hydrogen-bond acceptors (Lipinski definition) is 2. The summed E-state index contributed by atoms with van der Waals surface area (Å²) in [4.78, 5) is 14.9. The van der Waals surface area contributed by atoms with Crippen molar-refractivity contribution < 1.29 is 4.79 Å². The van der Waals surface area contributed by atoms with Gasteiger partial charge < -0.3 is 10.6 Å². The molecule has 0 aromatic carbocycles. The Morgan fingerprint density at radius 3 is 2.60 bits per heavy atom. The lowest BCUT2D eigenvalue weighted by atomic mass is 9.78. The first-order valence-corrected chi connectivity index (χ1v) is 8.61. The molecule has 3 nitrogen and oxygen atoms in total. The third-order valence-electron chi connectivity index (χ3n) is 5.16. The number of rotatable bonds is 5. The lowest BCUT2D eigenvalue weighted by molar-refractivity contribution is -0.138. The number of carbonyl (C=O) groups is 1. The van der Waals surface area contributed by atoms with Crippen molar-refractivity contribution in [1.29, 1.82) is 0 Å². The summed E-state index contributed by atoms with van der Waals surface area (Å²) in [6.07, 6.45) is 9.50. The summed E-state index contributed by atoms with van der Waals surface area (Å²) in [6, 6.07) is 0.544. The molecule has 1 heterocycles. The molecule has 2 aliphatic rings. The minimum atomic E-state index is 0.367. The Labute approximate surface area is 124 Å². The molecule has 1 saturated carbocycles. The van der Waals surface area contributed by atoms with Gasteiger partial charge in [0.15, 0.2) is 0 Å². The van der Waals surface area contributed by atoms with E-state index < -0.39 is 0 Å². The molecular formula is C17H32N2O. The number of nitrogens with zero attached hydrogens (tertiary/aromatic N) is 1. The van der Waals surface area contributed by atoms with E-state index in [1.165, 1.54) is 38.5 Å². The smallest absolute Gasteiger partial charge is 0.223 e. The quantitative estimate of drug-likeness (QED) is 0.840. The molecule has 3 heteroatoms. The van der Waals surface area contributed by atoms with Gasteiger partial charge in [-0.25, -0.2) is 0 Å². The third-order valence-corrected chi connectivity index (χ3v) is 5.16. The minimum absolute atomic E-state index is 0.367. The van der Waals surface area contributed by atoms with E-state index in [0.717, 1.165) is 18.9 Å². The Morgan fingerprint density at radius 1 is 1.20 bits per heavy atom. The van der Waals surface area contributed by atoms with Crippen LogP contribution >= 0.6 is 0 Å². The largest absolute Gasteiger partial charge is 0.339 e. The van der Waals surface area contributed by atoms with Crippen molar-refractivity contribution in [2.45, 2.75) is 71.3 Å². The molecule has 2 rings (SSSR count). The third kappa shape index (κ3) is 3.97. The second-order valence-electron chi connectivity index (χ2n) is 7.28. The standard InChI is InChI=1S/C17H32N2O/c1-13(2)10-14(12-18)11-17(20)19-9-5-7-15-6-3-4-8-16(15)19/h13-16H,3-12,18H2,1-2H3/t14-,15?,16?/m0/s1. The van der Waals surface area contributed by atoms with Crippen molar-refractivity contribution in [3.63, 3.8) is 0 Å². The maximum atomic E-state index is 12.7. The monoisotopic (exact) mass is 280 g/mol. The topological polar surface area (TPSA) is 46.3 Å². The molecule has 2 unspecified atom stereocenters. The summed E-state index contributed by atoms with van der Waals surface area (Å²) in [5.41, 5.74) is 5.86. The van der Waals surface area contributed by atoms with E-state index >= 15 is 0 Å². The van der Waals surface area contributed by atoms with Crippen molar-refractivity contribution >= 4 is 5.91 Å². The Balaban J connectivity index is 1.92. The highest BCUT2D eigenvalue weighted by atomic mass is 16.2. The summed E-state index contributed by atoms with van der Waals surface area (Å²) >= 11 is 0. The van der Waals surface area contributed by atoms with Gasteiger partial charge in [0.05, 0.1) is 0 Å². The summed E-state index contributed by atoms with van der Waals surface area (Å²) in [5.74, 6) is 2.15. The predicted octanol–water partition coefficient (Wildman–Crippen LogP) is 3.18. The minimum Gasteiger partial charge on any atom is -0.339 e. The summed E-state index contributed by atoms with van der Waals surface area (Å²) in [5, 5.41) is 0. The highest BCUT2D eigenvalue weighted by Crippen LogP contribution is 2.35. The van der Waals surface area contributed by atoms with Gasteiger partial charge in [0.1, 0.15) is 0 Å². The van der Waals surface area contributed by atoms with E-state index in [4.69, 9.17) is 5.73 Å². The first kappa shape index (κ1) is 15.8. The van der Waals surface area contributed by atoms with E-state index in [9.17, 15) is 4.79 Å². The molecule has 2 fully saturated rings.